The molecule has 2 rings (SSSR count). The highest BCUT2D eigenvalue weighted by Gasteiger charge is 2.30. The Morgan fingerprint density at radius 3 is 2.27 bits per heavy atom. The lowest BCUT2D eigenvalue weighted by molar-refractivity contribution is 0.190. The second kappa shape index (κ2) is 9.56. The fraction of sp³-hybridized carbons (Fsp3) is 0.692. The molecule has 26 heavy (non-hydrogen) atoms. The van der Waals surface area contributed by atoms with Gasteiger partial charge < -0.3 is 30.6 Å². The van der Waals surface area contributed by atoms with Gasteiger partial charge >= 0.3 is 6.03 Å². The Morgan fingerprint density at radius 2 is 1.69 bits per heavy atom. The average Bonchev–Trinajstić information content (AvgIpc) is 2.63. The van der Waals surface area contributed by atoms with Gasteiger partial charge in [-0.25, -0.2) is 4.79 Å². The summed E-state index contributed by atoms with van der Waals surface area (Å²) in [6.45, 7) is 2.09. The van der Waals surface area contributed by atoms with Gasteiger partial charge in [-0.2, -0.15) is 15.0 Å². The number of nitrogens with zero attached hydrogens (tertiary/aromatic N) is 5. The fourth-order valence-electron chi connectivity index (χ4n) is 2.26. The van der Waals surface area contributed by atoms with Gasteiger partial charge in [-0.3, -0.25) is 0 Å². The summed E-state index contributed by atoms with van der Waals surface area (Å²) in [6, 6.07) is -0.235. The normalized spacial score (nSPS) is 15.1. The number of alkyl halides is 3. The first-order valence-electron chi connectivity index (χ1n) is 7.91. The van der Waals surface area contributed by atoms with Crippen LogP contribution in [0.1, 0.15) is 5.82 Å². The largest absolute Gasteiger partial charge is 0.395 e. The molecule has 0 unspecified atom stereocenters. The van der Waals surface area contributed by atoms with Crippen molar-refractivity contribution in [3.63, 3.8) is 0 Å². The predicted molar refractivity (Wildman–Crippen MR) is 98.9 cm³/mol. The summed E-state index contributed by atoms with van der Waals surface area (Å²) in [5.74, 6) is 0.474. The molecule has 2 amide bonds. The summed E-state index contributed by atoms with van der Waals surface area (Å²) in [5.41, 5.74) is 0. The van der Waals surface area contributed by atoms with Crippen molar-refractivity contribution in [1.29, 1.82) is 0 Å². The Kier molecular flexibility index (Phi) is 7.71. The van der Waals surface area contributed by atoms with Crippen LogP contribution in [-0.4, -0.2) is 88.6 Å². The Hall–Kier alpha value is -1.33. The molecule has 1 aromatic rings. The lowest BCUT2D eigenvalue weighted by atomic mass is 10.3. The summed E-state index contributed by atoms with van der Waals surface area (Å²) in [7, 11) is 0. The number of amides is 2. The molecule has 1 saturated heterocycles. The van der Waals surface area contributed by atoms with E-state index in [0.29, 0.717) is 32.1 Å². The molecule has 0 bridgehead atoms. The molecule has 0 aromatic carbocycles. The van der Waals surface area contributed by atoms with E-state index in [2.05, 4.69) is 25.6 Å². The smallest absolute Gasteiger partial charge is 0.317 e. The minimum absolute atomic E-state index is 0.0314. The molecule has 146 valence electrons. The van der Waals surface area contributed by atoms with Crippen LogP contribution in [0.2, 0.25) is 0 Å². The van der Waals surface area contributed by atoms with Gasteiger partial charge in [0.1, 0.15) is 0 Å². The van der Waals surface area contributed by atoms with Crippen LogP contribution in [0.15, 0.2) is 0 Å². The quantitative estimate of drug-likeness (QED) is 0.464. The highest BCUT2D eigenvalue weighted by Crippen LogP contribution is 2.36. The Balaban J connectivity index is 2.09. The van der Waals surface area contributed by atoms with Gasteiger partial charge in [0, 0.05) is 39.3 Å². The average molecular weight is 429 g/mol. The number of aromatic nitrogens is 3. The molecule has 0 spiro atoms. The molecule has 4 N–H and O–H groups in total. The van der Waals surface area contributed by atoms with E-state index in [0.717, 1.165) is 0 Å². The van der Waals surface area contributed by atoms with E-state index in [1.54, 1.807) is 4.90 Å². The van der Waals surface area contributed by atoms with E-state index < -0.39 is 3.79 Å². The third-order valence-electron chi connectivity index (χ3n) is 3.51. The third-order valence-corrected chi connectivity index (χ3v) is 4.02. The molecule has 1 aliphatic heterocycles. The van der Waals surface area contributed by atoms with Crippen molar-refractivity contribution >= 4 is 52.7 Å². The standard InChI is InChI=1S/C13H20Cl3N7O3/c14-13(15,16)9-19-10(17-1-7-24)21-11(20-9)22-3-5-23(6-4-22)12(26)18-2-8-25/h24-25H,1-8H2,(H,18,26)(H,17,19,20,21). The van der Waals surface area contributed by atoms with E-state index in [-0.39, 0.29) is 44.1 Å². The van der Waals surface area contributed by atoms with Crippen molar-refractivity contribution in [1.82, 2.24) is 25.2 Å². The first-order valence-corrected chi connectivity index (χ1v) is 9.05. The number of piperazine rings is 1. The molecule has 0 aliphatic carbocycles. The van der Waals surface area contributed by atoms with Gasteiger partial charge in [-0.15, -0.1) is 0 Å². The molecule has 0 saturated carbocycles. The lowest BCUT2D eigenvalue weighted by Gasteiger charge is -2.34. The van der Waals surface area contributed by atoms with Crippen molar-refractivity contribution in [2.45, 2.75) is 3.79 Å². The summed E-state index contributed by atoms with van der Waals surface area (Å²) in [4.78, 5) is 27.9. The van der Waals surface area contributed by atoms with E-state index in [4.69, 9.17) is 45.0 Å². The molecular weight excluding hydrogens is 409 g/mol. The zero-order valence-corrected chi connectivity index (χ0v) is 16.1. The van der Waals surface area contributed by atoms with Gasteiger partial charge in [0.05, 0.1) is 13.2 Å². The summed E-state index contributed by atoms with van der Waals surface area (Å²) in [5, 5.41) is 23.1. The van der Waals surface area contributed by atoms with Crippen LogP contribution in [-0.2, 0) is 3.79 Å². The van der Waals surface area contributed by atoms with Gasteiger partial charge in [-0.05, 0) is 0 Å². The number of rotatable bonds is 6. The summed E-state index contributed by atoms with van der Waals surface area (Å²) >= 11 is 17.7. The first-order chi connectivity index (χ1) is 12.3. The second-order valence-electron chi connectivity index (χ2n) is 5.36. The van der Waals surface area contributed by atoms with Crippen molar-refractivity contribution < 1.29 is 15.0 Å². The molecule has 10 nitrogen and oxygen atoms in total. The van der Waals surface area contributed by atoms with Gasteiger partial charge in [-0.1, -0.05) is 34.8 Å². The van der Waals surface area contributed by atoms with E-state index in [9.17, 15) is 4.79 Å². The van der Waals surface area contributed by atoms with Crippen LogP contribution >= 0.6 is 34.8 Å². The van der Waals surface area contributed by atoms with Gasteiger partial charge in [0.25, 0.3) is 0 Å². The van der Waals surface area contributed by atoms with Crippen LogP contribution in [0, 0.1) is 0 Å². The Morgan fingerprint density at radius 1 is 1.04 bits per heavy atom. The maximum absolute atomic E-state index is 11.9. The van der Waals surface area contributed by atoms with Crippen molar-refractivity contribution in [2.75, 3.05) is 62.7 Å². The van der Waals surface area contributed by atoms with Crippen molar-refractivity contribution in [3.8, 4) is 0 Å². The molecule has 0 radical (unpaired) electrons. The number of hydrogen-bond acceptors (Lipinski definition) is 8. The fourth-order valence-corrected chi connectivity index (χ4v) is 2.52. The zero-order valence-electron chi connectivity index (χ0n) is 13.8. The topological polar surface area (TPSA) is 127 Å². The molecular formula is C13H20Cl3N7O3. The van der Waals surface area contributed by atoms with Crippen molar-refractivity contribution in [2.24, 2.45) is 0 Å². The monoisotopic (exact) mass is 427 g/mol. The number of urea groups is 1. The second-order valence-corrected chi connectivity index (χ2v) is 7.64. The SMILES string of the molecule is O=C(NCCO)N1CCN(c2nc(NCCO)nc(C(Cl)(Cl)Cl)n2)CC1. The third kappa shape index (κ3) is 5.85. The number of aliphatic hydroxyl groups excluding tert-OH is 2. The van der Waals surface area contributed by atoms with Crippen molar-refractivity contribution in [3.05, 3.63) is 5.82 Å². The zero-order chi connectivity index (χ0) is 19.2. The highest BCUT2D eigenvalue weighted by atomic mass is 35.6. The van der Waals surface area contributed by atoms with Gasteiger partial charge in [0.2, 0.25) is 15.7 Å². The van der Waals surface area contributed by atoms with Crippen LogP contribution in [0.5, 0.6) is 0 Å². The van der Waals surface area contributed by atoms with E-state index >= 15 is 0 Å². The number of aliphatic hydroxyl groups is 2. The molecule has 2 heterocycles. The molecule has 13 heteroatoms. The Bertz CT molecular complexity index is 609. The summed E-state index contributed by atoms with van der Waals surface area (Å²) in [6.07, 6.45) is 0. The minimum Gasteiger partial charge on any atom is -0.395 e. The molecule has 1 fully saturated rings. The molecule has 1 aromatic heterocycles. The van der Waals surface area contributed by atoms with E-state index in [1.165, 1.54) is 0 Å². The number of anilines is 2. The van der Waals surface area contributed by atoms with Gasteiger partial charge in [0.15, 0.2) is 5.82 Å². The first kappa shape index (κ1) is 21.0. The summed E-state index contributed by atoms with van der Waals surface area (Å²) < 4.78 is -1.82. The van der Waals surface area contributed by atoms with Crippen LogP contribution in [0.3, 0.4) is 0 Å². The number of hydrogen-bond donors (Lipinski definition) is 4. The maximum Gasteiger partial charge on any atom is 0.317 e. The van der Waals surface area contributed by atoms with Crippen LogP contribution in [0.4, 0.5) is 16.7 Å². The van der Waals surface area contributed by atoms with Crippen LogP contribution < -0.4 is 15.5 Å². The molecule has 0 atom stereocenters. The minimum atomic E-state index is -1.82. The van der Waals surface area contributed by atoms with Crippen LogP contribution in [0.25, 0.3) is 0 Å². The lowest BCUT2D eigenvalue weighted by Crippen LogP contribution is -2.52. The number of carbonyl (C=O) groups excluding carboxylic acids is 1. The number of nitrogens with one attached hydrogen (secondary N) is 2. The number of halogens is 3. The maximum atomic E-state index is 11.9. The molecule has 1 aliphatic rings. The van der Waals surface area contributed by atoms with E-state index in [1.807, 2.05) is 4.90 Å². The number of carbonyl (C=O) groups is 1. The predicted octanol–water partition coefficient (Wildman–Crippen LogP) is -0.0736. The Labute approximate surface area is 165 Å². The highest BCUT2D eigenvalue weighted by molar-refractivity contribution is 6.66.